The molecule has 1 aliphatic heterocycles. The summed E-state index contributed by atoms with van der Waals surface area (Å²) in [4.78, 5) is 78.2. The van der Waals surface area contributed by atoms with Gasteiger partial charge in [0.2, 0.25) is 23.6 Å². The van der Waals surface area contributed by atoms with E-state index in [0.29, 0.717) is 35.9 Å². The second-order valence-corrected chi connectivity index (χ2v) is 18.6. The first-order chi connectivity index (χ1) is 30.3. The summed E-state index contributed by atoms with van der Waals surface area (Å²) in [6.07, 6.45) is 3.43. The highest BCUT2D eigenvalue weighted by Gasteiger charge is 2.44. The average molecular weight is 890 g/mol. The van der Waals surface area contributed by atoms with E-state index in [0.717, 1.165) is 27.1 Å². The van der Waals surface area contributed by atoms with Gasteiger partial charge >= 0.3 is 0 Å². The molecule has 16 heteroatoms. The number of nitrogens with zero attached hydrogens (tertiary/aromatic N) is 4. The topological polar surface area (TPSA) is 232 Å². The van der Waals surface area contributed by atoms with Crippen LogP contribution in [0.5, 0.6) is 0 Å². The molecule has 4 aromatic rings. The highest BCUT2D eigenvalue weighted by molar-refractivity contribution is 7.13. The quantitative estimate of drug-likeness (QED) is 0.0525. The Labute approximate surface area is 378 Å². The summed E-state index contributed by atoms with van der Waals surface area (Å²) in [6.45, 7) is 12.5. The number of β-amino-alcohol motifs (C(OH)–C–C–N with tert-alkyl or cyclic N) is 1. The lowest BCUT2D eigenvalue weighted by atomic mass is 9.85. The maximum absolute atomic E-state index is 14.1. The lowest BCUT2D eigenvalue weighted by Crippen LogP contribution is -2.57. The van der Waals surface area contributed by atoms with Gasteiger partial charge in [-0.25, -0.2) is 4.98 Å². The minimum absolute atomic E-state index is 0.0315. The molecule has 2 heterocycles. The van der Waals surface area contributed by atoms with Crippen molar-refractivity contribution in [3.63, 3.8) is 0 Å². The number of aliphatic hydroxyl groups is 1. The molecule has 1 saturated heterocycles. The van der Waals surface area contributed by atoms with Gasteiger partial charge in [-0.3, -0.25) is 29.0 Å². The van der Waals surface area contributed by atoms with E-state index in [9.17, 15) is 34.3 Å². The van der Waals surface area contributed by atoms with Gasteiger partial charge in [-0.2, -0.15) is 5.26 Å². The number of likely N-dealkylation sites (tertiary alicyclic amines) is 1. The number of carbonyl (C=O) groups is 5. The van der Waals surface area contributed by atoms with Crippen molar-refractivity contribution in [1.29, 1.82) is 5.26 Å². The Morgan fingerprint density at radius 3 is 2.27 bits per heavy atom. The number of nitriles is 1. The van der Waals surface area contributed by atoms with Crippen molar-refractivity contribution in [2.45, 2.75) is 117 Å². The van der Waals surface area contributed by atoms with Crippen LogP contribution in [0.1, 0.15) is 103 Å². The van der Waals surface area contributed by atoms with Crippen LogP contribution in [-0.4, -0.2) is 81.0 Å². The molecule has 5 amide bonds. The van der Waals surface area contributed by atoms with Gasteiger partial charge in [0.1, 0.15) is 17.6 Å². The second kappa shape index (κ2) is 21.3. The van der Waals surface area contributed by atoms with Crippen molar-refractivity contribution < 1.29 is 29.1 Å². The van der Waals surface area contributed by atoms with Crippen LogP contribution in [0, 0.1) is 23.7 Å². The van der Waals surface area contributed by atoms with E-state index in [1.165, 1.54) is 17.3 Å². The third-order valence-corrected chi connectivity index (χ3v) is 12.2. The Balaban J connectivity index is 1.07. The van der Waals surface area contributed by atoms with E-state index < -0.39 is 41.0 Å². The van der Waals surface area contributed by atoms with Gasteiger partial charge in [-0.05, 0) is 69.2 Å². The number of benzene rings is 3. The second-order valence-electron chi connectivity index (χ2n) is 17.7. The summed E-state index contributed by atoms with van der Waals surface area (Å²) in [5, 5.41) is 33.0. The van der Waals surface area contributed by atoms with Crippen molar-refractivity contribution in [3.05, 3.63) is 94.9 Å². The normalized spacial score (nSPS) is 16.5. The molecule has 338 valence electrons. The summed E-state index contributed by atoms with van der Waals surface area (Å²) in [5.74, 6) is -1.89. The molecule has 3 aromatic carbocycles. The molecule has 0 saturated carbocycles. The molecule has 1 unspecified atom stereocenters. The van der Waals surface area contributed by atoms with E-state index in [1.54, 1.807) is 42.8 Å². The smallest absolute Gasteiger partial charge is 0.251 e. The number of hydrogen-bond acceptors (Lipinski definition) is 11. The number of aryl methyl sites for hydroxylation is 1. The minimum atomic E-state index is -1.24. The molecule has 1 aromatic heterocycles. The lowest BCUT2D eigenvalue weighted by Gasteiger charge is -2.35. The van der Waals surface area contributed by atoms with Gasteiger partial charge in [0, 0.05) is 54.7 Å². The number of nitrogens with two attached hydrogens (primary N) is 1. The first-order valence-corrected chi connectivity index (χ1v) is 22.3. The zero-order valence-corrected chi connectivity index (χ0v) is 38.3. The summed E-state index contributed by atoms with van der Waals surface area (Å²) >= 11 is 1.56. The number of aromatic nitrogens is 1. The van der Waals surface area contributed by atoms with E-state index in [1.807, 2.05) is 83.1 Å². The molecule has 1 aliphatic rings. The van der Waals surface area contributed by atoms with Crippen LogP contribution in [0.2, 0.25) is 0 Å². The Kier molecular flexibility index (Phi) is 16.2. The summed E-state index contributed by atoms with van der Waals surface area (Å²) in [6, 6.07) is 18.4. The van der Waals surface area contributed by atoms with Crippen molar-refractivity contribution >= 4 is 63.5 Å². The fraction of sp³-hybridized carbons (Fsp3) is 0.417. The SMILES string of the molecule is Cc1ncsc1-c1ccc(C(C)NC(=O)[C@@H]2C[C@@H](O)CN2C(=O)[C@@H](NC(=O)CCCCCC(=O)NC(C=NC(C)(C)C(=O)Nc2ccc(C#N)c3ccccc23)=CN)C(C)(C)C)cc1. The third-order valence-electron chi connectivity index (χ3n) is 11.2. The molecule has 0 radical (unpaired) electrons. The monoisotopic (exact) mass is 889 g/mol. The van der Waals surface area contributed by atoms with Gasteiger partial charge < -0.3 is 37.0 Å². The Morgan fingerprint density at radius 1 is 0.969 bits per heavy atom. The number of nitrogens with one attached hydrogen (secondary N) is 4. The number of fused-ring (bicyclic) bond motifs is 1. The first kappa shape index (κ1) is 48.6. The van der Waals surface area contributed by atoms with Crippen LogP contribution in [0.15, 0.2) is 83.1 Å². The fourth-order valence-corrected chi connectivity index (χ4v) is 8.22. The van der Waals surface area contributed by atoms with Crippen LogP contribution in [0.25, 0.3) is 21.2 Å². The molecule has 0 bridgehead atoms. The molecule has 0 aliphatic carbocycles. The fourth-order valence-electron chi connectivity index (χ4n) is 7.41. The Hall–Kier alpha value is -6.44. The molecule has 5 rings (SSSR count). The molecule has 7 N–H and O–H groups in total. The van der Waals surface area contributed by atoms with Crippen molar-refractivity contribution in [3.8, 4) is 16.5 Å². The lowest BCUT2D eigenvalue weighted by molar-refractivity contribution is -0.144. The largest absolute Gasteiger partial charge is 0.403 e. The number of allylic oxidation sites excluding steroid dienone is 1. The number of hydrogen-bond donors (Lipinski definition) is 6. The van der Waals surface area contributed by atoms with Crippen molar-refractivity contribution in [2.24, 2.45) is 16.1 Å². The van der Waals surface area contributed by atoms with E-state index >= 15 is 0 Å². The van der Waals surface area contributed by atoms with E-state index in [-0.39, 0.29) is 55.3 Å². The number of carbonyl (C=O) groups excluding carboxylic acids is 5. The first-order valence-electron chi connectivity index (χ1n) is 21.4. The van der Waals surface area contributed by atoms with Crippen LogP contribution >= 0.6 is 11.3 Å². The highest BCUT2D eigenvalue weighted by atomic mass is 32.1. The Morgan fingerprint density at radius 2 is 1.64 bits per heavy atom. The summed E-state index contributed by atoms with van der Waals surface area (Å²) in [5.41, 5.74) is 9.74. The summed E-state index contributed by atoms with van der Waals surface area (Å²) < 4.78 is 0. The zero-order chi connectivity index (χ0) is 46.8. The Bertz CT molecular complexity index is 2450. The molecule has 0 spiro atoms. The number of thiazole rings is 1. The predicted molar refractivity (Wildman–Crippen MR) is 250 cm³/mol. The van der Waals surface area contributed by atoms with Gasteiger partial charge in [-0.1, -0.05) is 75.7 Å². The minimum Gasteiger partial charge on any atom is -0.403 e. The van der Waals surface area contributed by atoms with Crippen molar-refractivity contribution in [2.75, 3.05) is 11.9 Å². The van der Waals surface area contributed by atoms with E-state index in [2.05, 4.69) is 37.3 Å². The molecular formula is C48H59N9O6S. The standard InChI is InChI=1S/C48H59N9O6S/c1-29(31-17-19-32(20-18-31)42-30(2)51-28-64-42)53-44(61)39-23-35(58)27-57(39)45(62)43(47(3,4)5)56-41(60)16-10-8-9-15-40(59)54-34(25-50)26-52-48(6,7)46(63)55-38-22-21-33(24-49)36-13-11-12-14-37(36)38/h11-14,17-22,25-26,28-29,35,39,43,58H,8-10,15-16,23,27,50H2,1-7H3,(H,53,61)(H,54,59)(H,55,63)(H,56,60)/t29?,35-,39+,43-/m1/s1. The molecule has 1 fully saturated rings. The van der Waals surface area contributed by atoms with Gasteiger partial charge in [-0.15, -0.1) is 11.3 Å². The van der Waals surface area contributed by atoms with Crippen LogP contribution in [0.4, 0.5) is 5.69 Å². The van der Waals surface area contributed by atoms with Gasteiger partial charge in [0.25, 0.3) is 5.91 Å². The van der Waals surface area contributed by atoms with E-state index in [4.69, 9.17) is 5.73 Å². The number of unbranched alkanes of at least 4 members (excludes halogenated alkanes) is 2. The number of amides is 5. The molecular weight excluding hydrogens is 831 g/mol. The molecule has 4 atom stereocenters. The molecule has 64 heavy (non-hydrogen) atoms. The number of aliphatic hydroxyl groups excluding tert-OH is 1. The number of rotatable bonds is 17. The maximum Gasteiger partial charge on any atom is 0.251 e. The van der Waals surface area contributed by atoms with Crippen LogP contribution in [0.3, 0.4) is 0 Å². The van der Waals surface area contributed by atoms with Gasteiger partial charge in [0.15, 0.2) is 0 Å². The average Bonchev–Trinajstić information content (AvgIpc) is 3.88. The van der Waals surface area contributed by atoms with Crippen LogP contribution in [-0.2, 0) is 24.0 Å². The maximum atomic E-state index is 14.1. The third kappa shape index (κ3) is 12.4. The predicted octanol–water partition coefficient (Wildman–Crippen LogP) is 6.17. The zero-order valence-electron chi connectivity index (χ0n) is 37.5. The van der Waals surface area contributed by atoms with Gasteiger partial charge in [0.05, 0.1) is 45.6 Å². The molecule has 15 nitrogen and oxygen atoms in total. The summed E-state index contributed by atoms with van der Waals surface area (Å²) in [7, 11) is 0. The number of anilines is 1. The van der Waals surface area contributed by atoms with Crippen LogP contribution < -0.4 is 27.0 Å². The highest BCUT2D eigenvalue weighted by Crippen LogP contribution is 2.31. The number of aliphatic imine (C=N–C) groups is 1. The van der Waals surface area contributed by atoms with Crippen molar-refractivity contribution in [1.82, 2.24) is 25.8 Å².